The summed E-state index contributed by atoms with van der Waals surface area (Å²) in [5, 5.41) is 7.79. The van der Waals surface area contributed by atoms with Crippen LogP contribution in [0.5, 0.6) is 0 Å². The summed E-state index contributed by atoms with van der Waals surface area (Å²) in [5.41, 5.74) is 2.37. The van der Waals surface area contributed by atoms with E-state index < -0.39 is 29.7 Å². The van der Waals surface area contributed by atoms with Crippen LogP contribution >= 0.6 is 0 Å². The van der Waals surface area contributed by atoms with Crippen molar-refractivity contribution in [2.75, 3.05) is 5.32 Å². The SMILES string of the molecule is CC1=C(C(=O)Nc2cccc(C(F)(F)F)c2)[C@H](c2ccc(C)cc2C)NC(=O)N1. The highest BCUT2D eigenvalue weighted by molar-refractivity contribution is 6.06. The maximum atomic E-state index is 13.0. The Balaban J connectivity index is 1.96. The minimum absolute atomic E-state index is 0.0152. The first-order valence-electron chi connectivity index (χ1n) is 8.90. The fourth-order valence-corrected chi connectivity index (χ4v) is 3.35. The lowest BCUT2D eigenvalue weighted by Crippen LogP contribution is -2.46. The van der Waals surface area contributed by atoms with Gasteiger partial charge in [0.25, 0.3) is 5.91 Å². The molecule has 0 fully saturated rings. The Morgan fingerprint density at radius 1 is 1.07 bits per heavy atom. The quantitative estimate of drug-likeness (QED) is 0.702. The molecule has 0 aromatic heterocycles. The number of amides is 3. The van der Waals surface area contributed by atoms with Crippen LogP contribution < -0.4 is 16.0 Å². The molecule has 1 aliphatic heterocycles. The second-order valence-corrected chi connectivity index (χ2v) is 6.96. The lowest BCUT2D eigenvalue weighted by atomic mass is 9.91. The number of rotatable bonds is 3. The largest absolute Gasteiger partial charge is 0.416 e. The molecule has 1 aliphatic rings. The van der Waals surface area contributed by atoms with E-state index in [1.54, 1.807) is 6.92 Å². The van der Waals surface area contributed by atoms with Crippen LogP contribution in [0.1, 0.15) is 35.2 Å². The summed E-state index contributed by atoms with van der Waals surface area (Å²) >= 11 is 0. The number of hydrogen-bond acceptors (Lipinski definition) is 2. The molecular formula is C21H20F3N3O2. The highest BCUT2D eigenvalue weighted by atomic mass is 19.4. The maximum absolute atomic E-state index is 13.0. The lowest BCUT2D eigenvalue weighted by Gasteiger charge is -2.29. The van der Waals surface area contributed by atoms with Crippen molar-refractivity contribution >= 4 is 17.6 Å². The molecule has 8 heteroatoms. The molecule has 1 atom stereocenters. The Bertz CT molecular complexity index is 1010. The van der Waals surface area contributed by atoms with Crippen LogP contribution in [0, 0.1) is 13.8 Å². The van der Waals surface area contributed by atoms with Crippen molar-refractivity contribution in [3.8, 4) is 0 Å². The Morgan fingerprint density at radius 2 is 1.79 bits per heavy atom. The van der Waals surface area contributed by atoms with E-state index in [4.69, 9.17) is 0 Å². The molecule has 3 amide bonds. The Morgan fingerprint density at radius 3 is 2.45 bits per heavy atom. The first kappa shape index (κ1) is 20.4. The molecule has 0 saturated heterocycles. The van der Waals surface area contributed by atoms with Gasteiger partial charge in [-0.05, 0) is 50.1 Å². The molecule has 0 spiro atoms. The number of alkyl halides is 3. The molecule has 152 valence electrons. The van der Waals surface area contributed by atoms with Crippen molar-refractivity contribution in [3.05, 3.63) is 76.0 Å². The zero-order valence-corrected chi connectivity index (χ0v) is 16.1. The molecule has 3 N–H and O–H groups in total. The number of nitrogens with one attached hydrogen (secondary N) is 3. The molecule has 2 aromatic rings. The standard InChI is InChI=1S/C21H20F3N3O2/c1-11-7-8-16(12(2)9-11)18-17(13(3)25-20(29)27-18)19(28)26-15-6-4-5-14(10-15)21(22,23)24/h4-10,18H,1-3H3,(H,26,28)(H2,25,27,29)/t18-/m0/s1. The van der Waals surface area contributed by atoms with Crippen LogP contribution in [0.25, 0.3) is 0 Å². The fourth-order valence-electron chi connectivity index (χ4n) is 3.35. The van der Waals surface area contributed by atoms with E-state index in [9.17, 15) is 22.8 Å². The van der Waals surface area contributed by atoms with Gasteiger partial charge in [-0.3, -0.25) is 4.79 Å². The van der Waals surface area contributed by atoms with Gasteiger partial charge < -0.3 is 16.0 Å². The molecule has 1 heterocycles. The van der Waals surface area contributed by atoms with E-state index in [1.165, 1.54) is 12.1 Å². The third kappa shape index (κ3) is 4.42. The normalized spacial score (nSPS) is 16.9. The lowest BCUT2D eigenvalue weighted by molar-refractivity contribution is -0.137. The number of hydrogen-bond donors (Lipinski definition) is 3. The van der Waals surface area contributed by atoms with Crippen molar-refractivity contribution in [1.82, 2.24) is 10.6 Å². The summed E-state index contributed by atoms with van der Waals surface area (Å²) in [6.45, 7) is 5.38. The molecule has 0 radical (unpaired) electrons. The van der Waals surface area contributed by atoms with Gasteiger partial charge in [0.2, 0.25) is 0 Å². The second kappa shape index (κ2) is 7.62. The molecule has 0 bridgehead atoms. The number of allylic oxidation sites excluding steroid dienone is 1. The van der Waals surface area contributed by atoms with Crippen LogP contribution in [0.2, 0.25) is 0 Å². The second-order valence-electron chi connectivity index (χ2n) is 6.96. The summed E-state index contributed by atoms with van der Waals surface area (Å²) in [5.74, 6) is -0.598. The number of benzene rings is 2. The van der Waals surface area contributed by atoms with Gasteiger partial charge in [0.1, 0.15) is 0 Å². The van der Waals surface area contributed by atoms with E-state index in [0.29, 0.717) is 5.70 Å². The first-order valence-corrected chi connectivity index (χ1v) is 8.90. The topological polar surface area (TPSA) is 70.2 Å². The van der Waals surface area contributed by atoms with Gasteiger partial charge in [0.15, 0.2) is 0 Å². The predicted octanol–water partition coefficient (Wildman–Crippen LogP) is 4.59. The number of carbonyl (C=O) groups is 2. The highest BCUT2D eigenvalue weighted by Crippen LogP contribution is 2.32. The average molecular weight is 403 g/mol. The van der Waals surface area contributed by atoms with Crippen molar-refractivity contribution in [3.63, 3.8) is 0 Å². The van der Waals surface area contributed by atoms with Gasteiger partial charge in [0, 0.05) is 11.4 Å². The van der Waals surface area contributed by atoms with E-state index in [2.05, 4.69) is 16.0 Å². The minimum atomic E-state index is -4.52. The van der Waals surface area contributed by atoms with Crippen LogP contribution in [-0.2, 0) is 11.0 Å². The van der Waals surface area contributed by atoms with Gasteiger partial charge in [-0.1, -0.05) is 29.8 Å². The summed E-state index contributed by atoms with van der Waals surface area (Å²) in [6, 6.07) is 8.85. The third-order valence-corrected chi connectivity index (χ3v) is 4.70. The number of anilines is 1. The van der Waals surface area contributed by atoms with Crippen molar-refractivity contribution in [1.29, 1.82) is 0 Å². The average Bonchev–Trinajstić information content (AvgIpc) is 2.60. The molecule has 29 heavy (non-hydrogen) atoms. The fraction of sp³-hybridized carbons (Fsp3) is 0.238. The van der Waals surface area contributed by atoms with Crippen molar-refractivity contribution in [2.24, 2.45) is 0 Å². The maximum Gasteiger partial charge on any atom is 0.416 e. The summed E-state index contributed by atoms with van der Waals surface area (Å²) in [6.07, 6.45) is -4.52. The summed E-state index contributed by atoms with van der Waals surface area (Å²) < 4.78 is 38.8. The van der Waals surface area contributed by atoms with Crippen molar-refractivity contribution < 1.29 is 22.8 Å². The Kier molecular flexibility index (Phi) is 5.37. The molecular weight excluding hydrogens is 383 g/mol. The number of halogens is 3. The van der Waals surface area contributed by atoms with Crippen LogP contribution in [0.3, 0.4) is 0 Å². The van der Waals surface area contributed by atoms with Gasteiger partial charge in [-0.25, -0.2) is 4.79 Å². The van der Waals surface area contributed by atoms with Crippen LogP contribution in [-0.4, -0.2) is 11.9 Å². The van der Waals surface area contributed by atoms with Crippen LogP contribution in [0.15, 0.2) is 53.7 Å². The molecule has 0 unspecified atom stereocenters. The number of aryl methyl sites for hydroxylation is 2. The highest BCUT2D eigenvalue weighted by Gasteiger charge is 2.33. The summed E-state index contributed by atoms with van der Waals surface area (Å²) in [4.78, 5) is 25.0. The van der Waals surface area contributed by atoms with Gasteiger partial charge >= 0.3 is 12.2 Å². The zero-order chi connectivity index (χ0) is 21.3. The van der Waals surface area contributed by atoms with Crippen molar-refractivity contribution in [2.45, 2.75) is 33.0 Å². The molecule has 2 aromatic carbocycles. The van der Waals surface area contributed by atoms with E-state index in [-0.39, 0.29) is 11.3 Å². The smallest absolute Gasteiger partial charge is 0.327 e. The Labute approximate surface area is 166 Å². The number of urea groups is 1. The molecule has 5 nitrogen and oxygen atoms in total. The third-order valence-electron chi connectivity index (χ3n) is 4.70. The van der Waals surface area contributed by atoms with Gasteiger partial charge in [0.05, 0.1) is 17.2 Å². The molecule has 0 aliphatic carbocycles. The monoisotopic (exact) mass is 403 g/mol. The zero-order valence-electron chi connectivity index (χ0n) is 16.1. The van der Waals surface area contributed by atoms with Crippen LogP contribution in [0.4, 0.5) is 23.7 Å². The van der Waals surface area contributed by atoms with E-state index >= 15 is 0 Å². The van der Waals surface area contributed by atoms with E-state index in [0.717, 1.165) is 28.8 Å². The minimum Gasteiger partial charge on any atom is -0.327 e. The Hall–Kier alpha value is -3.29. The number of carbonyl (C=O) groups excluding carboxylic acids is 2. The van der Waals surface area contributed by atoms with E-state index in [1.807, 2.05) is 32.0 Å². The molecule has 0 saturated carbocycles. The van der Waals surface area contributed by atoms with Gasteiger partial charge in [-0.15, -0.1) is 0 Å². The predicted molar refractivity (Wildman–Crippen MR) is 103 cm³/mol. The first-order chi connectivity index (χ1) is 13.6. The summed E-state index contributed by atoms with van der Waals surface area (Å²) in [7, 11) is 0. The van der Waals surface area contributed by atoms with Gasteiger partial charge in [-0.2, -0.15) is 13.2 Å². The molecule has 3 rings (SSSR count).